The first-order valence-electron chi connectivity index (χ1n) is 7.58. The fourth-order valence-electron chi connectivity index (χ4n) is 3.17. The van der Waals surface area contributed by atoms with E-state index in [4.69, 9.17) is 5.73 Å². The third kappa shape index (κ3) is 3.98. The maximum Gasteiger partial charge on any atom is 0.226 e. The molecule has 1 aliphatic carbocycles. The van der Waals surface area contributed by atoms with Gasteiger partial charge in [0.1, 0.15) is 0 Å². The summed E-state index contributed by atoms with van der Waals surface area (Å²) in [5.74, 6) is 0.749. The van der Waals surface area contributed by atoms with Gasteiger partial charge in [-0.15, -0.1) is 12.4 Å². The number of nitrogens with two attached hydrogens (primary N) is 1. The average molecular weight is 311 g/mol. The first kappa shape index (κ1) is 18.0. The lowest BCUT2D eigenvalue weighted by Gasteiger charge is -2.30. The molecule has 1 unspecified atom stereocenters. The molecule has 0 bridgehead atoms. The van der Waals surface area contributed by atoms with Crippen molar-refractivity contribution in [1.82, 2.24) is 4.90 Å². The Labute approximate surface area is 134 Å². The van der Waals surface area contributed by atoms with Crippen LogP contribution < -0.4 is 5.73 Å². The van der Waals surface area contributed by atoms with Gasteiger partial charge in [0.2, 0.25) is 5.91 Å². The Morgan fingerprint density at radius 3 is 2.52 bits per heavy atom. The van der Waals surface area contributed by atoms with Crippen LogP contribution in [0.2, 0.25) is 0 Å². The van der Waals surface area contributed by atoms with Crippen LogP contribution in [-0.2, 0) is 4.79 Å². The van der Waals surface area contributed by atoms with E-state index in [1.807, 2.05) is 11.9 Å². The average Bonchev–Trinajstić information content (AvgIpc) is 2.94. The van der Waals surface area contributed by atoms with Crippen LogP contribution in [0.4, 0.5) is 0 Å². The molecular weight excluding hydrogens is 284 g/mol. The van der Waals surface area contributed by atoms with Gasteiger partial charge < -0.3 is 10.6 Å². The highest BCUT2D eigenvalue weighted by Crippen LogP contribution is 2.34. The van der Waals surface area contributed by atoms with Gasteiger partial charge in [-0.05, 0) is 44.7 Å². The van der Waals surface area contributed by atoms with Gasteiger partial charge in [0, 0.05) is 13.0 Å². The standard InChI is InChI=1S/C17H26N2O.ClH/c1-12-7-9-14(10-8-12)13(2)19(3)17(20)16-6-4-5-15(16)11-18;/h7-10,13,15-16H,4-6,11,18H2,1-3H3;1H/t13?,15-,16-;/m1./s1. The lowest BCUT2D eigenvalue weighted by molar-refractivity contribution is -0.137. The number of hydrogen-bond donors (Lipinski definition) is 1. The van der Waals surface area contributed by atoms with Gasteiger partial charge in [-0.25, -0.2) is 0 Å². The summed E-state index contributed by atoms with van der Waals surface area (Å²) >= 11 is 0. The van der Waals surface area contributed by atoms with Crippen molar-refractivity contribution in [3.05, 3.63) is 35.4 Å². The third-order valence-corrected chi connectivity index (χ3v) is 4.77. The zero-order valence-electron chi connectivity index (χ0n) is 13.2. The zero-order valence-corrected chi connectivity index (χ0v) is 14.0. The molecule has 3 nitrogen and oxygen atoms in total. The van der Waals surface area contributed by atoms with Crippen LogP contribution in [0.5, 0.6) is 0 Å². The minimum Gasteiger partial charge on any atom is -0.339 e. The fraction of sp³-hybridized carbons (Fsp3) is 0.588. The molecule has 1 fully saturated rings. The Hall–Kier alpha value is -1.06. The van der Waals surface area contributed by atoms with Crippen molar-refractivity contribution in [2.75, 3.05) is 13.6 Å². The second-order valence-corrected chi connectivity index (χ2v) is 6.07. The van der Waals surface area contributed by atoms with Crippen molar-refractivity contribution >= 4 is 18.3 Å². The number of rotatable bonds is 4. The molecule has 1 amide bonds. The molecular formula is C17H27ClN2O. The molecule has 118 valence electrons. The second kappa shape index (κ2) is 7.81. The molecule has 2 rings (SSSR count). The Morgan fingerprint density at radius 1 is 1.33 bits per heavy atom. The summed E-state index contributed by atoms with van der Waals surface area (Å²) < 4.78 is 0. The summed E-state index contributed by atoms with van der Waals surface area (Å²) in [6.07, 6.45) is 3.22. The molecule has 1 aromatic carbocycles. The molecule has 0 heterocycles. The minimum absolute atomic E-state index is 0. The molecule has 0 aliphatic heterocycles. The van der Waals surface area contributed by atoms with Crippen LogP contribution in [-0.4, -0.2) is 24.4 Å². The Bertz CT molecular complexity index is 460. The normalized spacial score (nSPS) is 22.5. The molecule has 0 radical (unpaired) electrons. The summed E-state index contributed by atoms with van der Waals surface area (Å²) in [5, 5.41) is 0. The van der Waals surface area contributed by atoms with Crippen molar-refractivity contribution in [3.63, 3.8) is 0 Å². The van der Waals surface area contributed by atoms with E-state index in [1.165, 1.54) is 11.1 Å². The lowest BCUT2D eigenvalue weighted by Crippen LogP contribution is -2.38. The van der Waals surface area contributed by atoms with Crippen molar-refractivity contribution in [1.29, 1.82) is 0 Å². The van der Waals surface area contributed by atoms with Gasteiger partial charge in [0.05, 0.1) is 6.04 Å². The maximum atomic E-state index is 12.7. The molecule has 1 aliphatic rings. The molecule has 0 spiro atoms. The van der Waals surface area contributed by atoms with Crippen LogP contribution in [0, 0.1) is 18.8 Å². The van der Waals surface area contributed by atoms with Gasteiger partial charge in [0.25, 0.3) is 0 Å². The summed E-state index contributed by atoms with van der Waals surface area (Å²) in [6.45, 7) is 4.80. The van der Waals surface area contributed by atoms with E-state index < -0.39 is 0 Å². The van der Waals surface area contributed by atoms with E-state index in [1.54, 1.807) is 0 Å². The second-order valence-electron chi connectivity index (χ2n) is 6.07. The van der Waals surface area contributed by atoms with E-state index in [2.05, 4.69) is 38.1 Å². The number of benzene rings is 1. The number of halogens is 1. The van der Waals surface area contributed by atoms with Crippen LogP contribution >= 0.6 is 12.4 Å². The molecule has 2 N–H and O–H groups in total. The lowest BCUT2D eigenvalue weighted by atomic mass is 9.94. The summed E-state index contributed by atoms with van der Waals surface area (Å²) in [6, 6.07) is 8.53. The molecule has 1 aromatic rings. The van der Waals surface area contributed by atoms with Gasteiger partial charge in [-0.3, -0.25) is 4.79 Å². The first-order valence-corrected chi connectivity index (χ1v) is 7.58. The number of amides is 1. The van der Waals surface area contributed by atoms with Crippen molar-refractivity contribution in [2.24, 2.45) is 17.6 Å². The quantitative estimate of drug-likeness (QED) is 0.927. The maximum absolute atomic E-state index is 12.7. The Morgan fingerprint density at radius 2 is 1.95 bits per heavy atom. The fourth-order valence-corrected chi connectivity index (χ4v) is 3.17. The molecule has 4 heteroatoms. The van der Waals surface area contributed by atoms with Gasteiger partial charge in [0.15, 0.2) is 0 Å². The van der Waals surface area contributed by atoms with E-state index in [-0.39, 0.29) is 30.3 Å². The molecule has 0 saturated heterocycles. The van der Waals surface area contributed by atoms with Crippen LogP contribution in [0.15, 0.2) is 24.3 Å². The third-order valence-electron chi connectivity index (χ3n) is 4.77. The molecule has 1 saturated carbocycles. The van der Waals surface area contributed by atoms with Crippen LogP contribution in [0.1, 0.15) is 43.4 Å². The summed E-state index contributed by atoms with van der Waals surface area (Å²) in [4.78, 5) is 14.6. The van der Waals surface area contributed by atoms with Crippen molar-refractivity contribution < 1.29 is 4.79 Å². The van der Waals surface area contributed by atoms with Gasteiger partial charge in [-0.2, -0.15) is 0 Å². The van der Waals surface area contributed by atoms with E-state index in [0.29, 0.717) is 12.5 Å². The smallest absolute Gasteiger partial charge is 0.226 e. The van der Waals surface area contributed by atoms with E-state index in [0.717, 1.165) is 19.3 Å². The van der Waals surface area contributed by atoms with Crippen LogP contribution in [0.3, 0.4) is 0 Å². The number of carbonyl (C=O) groups is 1. The number of carbonyl (C=O) groups excluding carboxylic acids is 1. The first-order chi connectivity index (χ1) is 9.54. The predicted octanol–water partition coefficient (Wildman–Crippen LogP) is 3.31. The number of hydrogen-bond acceptors (Lipinski definition) is 2. The molecule has 3 atom stereocenters. The number of aryl methyl sites for hydroxylation is 1. The van der Waals surface area contributed by atoms with E-state index >= 15 is 0 Å². The van der Waals surface area contributed by atoms with Crippen molar-refractivity contribution in [2.45, 2.75) is 39.2 Å². The molecule has 0 aromatic heterocycles. The predicted molar refractivity (Wildman–Crippen MR) is 89.5 cm³/mol. The largest absolute Gasteiger partial charge is 0.339 e. The minimum atomic E-state index is 0. The van der Waals surface area contributed by atoms with Gasteiger partial charge in [-0.1, -0.05) is 36.2 Å². The summed E-state index contributed by atoms with van der Waals surface area (Å²) in [5.41, 5.74) is 8.23. The zero-order chi connectivity index (χ0) is 14.7. The van der Waals surface area contributed by atoms with Crippen LogP contribution in [0.25, 0.3) is 0 Å². The highest BCUT2D eigenvalue weighted by atomic mass is 35.5. The monoisotopic (exact) mass is 310 g/mol. The SMILES string of the molecule is Cc1ccc(C(C)N(C)C(=O)[C@@H]2CCC[C@@H]2CN)cc1.Cl. The Balaban J connectivity index is 0.00000220. The molecule has 21 heavy (non-hydrogen) atoms. The number of nitrogens with zero attached hydrogens (tertiary/aromatic N) is 1. The topological polar surface area (TPSA) is 46.3 Å². The van der Waals surface area contributed by atoms with Gasteiger partial charge >= 0.3 is 0 Å². The van der Waals surface area contributed by atoms with Crippen molar-refractivity contribution in [3.8, 4) is 0 Å². The highest BCUT2D eigenvalue weighted by molar-refractivity contribution is 5.85. The highest BCUT2D eigenvalue weighted by Gasteiger charge is 2.34. The Kier molecular flexibility index (Phi) is 6.69. The summed E-state index contributed by atoms with van der Waals surface area (Å²) in [7, 11) is 1.92. The van der Waals surface area contributed by atoms with E-state index in [9.17, 15) is 4.79 Å².